The van der Waals surface area contributed by atoms with Gasteiger partial charge in [0.2, 0.25) is 11.8 Å². The van der Waals surface area contributed by atoms with Gasteiger partial charge < -0.3 is 50.9 Å². The fourth-order valence-electron chi connectivity index (χ4n) is 4.78. The summed E-state index contributed by atoms with van der Waals surface area (Å²) in [5, 5.41) is 26.2. The van der Waals surface area contributed by atoms with Crippen LogP contribution in [0.15, 0.2) is 49.1 Å². The van der Waals surface area contributed by atoms with Crippen LogP contribution in [0.3, 0.4) is 0 Å². The number of carbonyl (C=O) groups excluding carboxylic acids is 3. The van der Waals surface area contributed by atoms with Crippen molar-refractivity contribution in [2.24, 2.45) is 5.41 Å². The number of ether oxygens (including phenoxy) is 1. The van der Waals surface area contributed by atoms with Crippen LogP contribution < -0.4 is 16.4 Å². The minimum Gasteiger partial charge on any atom is -0.386 e. The Bertz CT molecular complexity index is 1950. The molecule has 0 bridgehead atoms. The van der Waals surface area contributed by atoms with Gasteiger partial charge in [-0.15, -0.1) is 0 Å². The molecule has 24 nitrogen and oxygen atoms in total. The summed E-state index contributed by atoms with van der Waals surface area (Å²) >= 11 is 1.07. The summed E-state index contributed by atoms with van der Waals surface area (Å²) in [6.07, 6.45) is -6.52. The van der Waals surface area contributed by atoms with E-state index >= 15 is 0 Å². The van der Waals surface area contributed by atoms with Crippen LogP contribution >= 0.6 is 35.2 Å². The summed E-state index contributed by atoms with van der Waals surface area (Å²) in [7, 11) is -16.4. The summed E-state index contributed by atoms with van der Waals surface area (Å²) in [6.45, 7) is 2.24. The van der Waals surface area contributed by atoms with Gasteiger partial charge in [0, 0.05) is 37.1 Å². The van der Waals surface area contributed by atoms with Crippen molar-refractivity contribution < 1.29 is 80.5 Å². The van der Waals surface area contributed by atoms with Gasteiger partial charge in [-0.1, -0.05) is 68.9 Å². The van der Waals surface area contributed by atoms with Crippen molar-refractivity contribution in [1.29, 1.82) is 0 Å². The van der Waals surface area contributed by atoms with Crippen molar-refractivity contribution in [3.05, 3.63) is 49.1 Å². The molecule has 1 aromatic carbocycles. The molecular weight excluding hydrogens is 855 g/mol. The summed E-state index contributed by atoms with van der Waals surface area (Å²) in [5.41, 5.74) is 4.26. The summed E-state index contributed by atoms with van der Waals surface area (Å²) in [5.74, 6) is -1.07. The molecule has 28 heteroatoms. The molecule has 10 N–H and O–H groups in total. The standard InChI is InChI=1S/C24H40N7O17P3S.C6H6/c1-4-15(33)52-8-7-26-14(32)5-6-27-22(36)19(35)24(2,3)10-45-51(42,43)48-50(40,41)44-9-13-18(47-49(37,38)39)17(34)23(46-13)31-12-30-16-20(25)28-11-29-21(16)31;1-2-4-6-5-3-1/h11-13,17-19,23,34-35H,4-10H2,1-3H3,(H,26,32)(H,27,36)(H,40,41)(H,42,43)(H2,25,28,29)(H2,37,38,39);1-6H/t13-,17-,18-,19+,23-;/m1./s1. The Balaban J connectivity index is 0.00000137. The van der Waals surface area contributed by atoms with Crippen molar-refractivity contribution in [3.8, 4) is 0 Å². The highest BCUT2D eigenvalue weighted by atomic mass is 32.2. The van der Waals surface area contributed by atoms with Crippen molar-refractivity contribution in [1.82, 2.24) is 30.2 Å². The predicted molar refractivity (Wildman–Crippen MR) is 204 cm³/mol. The highest BCUT2D eigenvalue weighted by Gasteiger charge is 2.50. The number of fused-ring (bicyclic) bond motifs is 1. The number of carbonyl (C=O) groups is 3. The molecule has 2 aromatic heterocycles. The van der Waals surface area contributed by atoms with Gasteiger partial charge in [0.25, 0.3) is 0 Å². The highest BCUT2D eigenvalue weighted by Crippen LogP contribution is 2.61. The summed E-state index contributed by atoms with van der Waals surface area (Å²) in [6, 6.07) is 12.0. The number of nitrogens with two attached hydrogens (primary N) is 1. The number of phosphoric ester groups is 3. The van der Waals surface area contributed by atoms with Crippen LogP contribution in [0.5, 0.6) is 0 Å². The molecule has 3 heterocycles. The number of thioether (sulfide) groups is 1. The van der Waals surface area contributed by atoms with Crippen LogP contribution in [0.4, 0.5) is 5.82 Å². The van der Waals surface area contributed by atoms with Gasteiger partial charge in [0.05, 0.1) is 19.5 Å². The largest absolute Gasteiger partial charge is 0.481 e. The normalized spacial score (nSPS) is 20.9. The Morgan fingerprint density at radius 1 is 0.983 bits per heavy atom. The smallest absolute Gasteiger partial charge is 0.386 e. The number of nitrogen functional groups attached to an aromatic ring is 1. The lowest BCUT2D eigenvalue weighted by molar-refractivity contribution is -0.137. The molecule has 0 saturated carbocycles. The molecular formula is C30H46N7O17P3S. The van der Waals surface area contributed by atoms with Gasteiger partial charge in [0.1, 0.15) is 36.3 Å². The number of phosphoric acid groups is 3. The first-order valence-electron chi connectivity index (χ1n) is 17.1. The molecule has 3 aromatic rings. The van der Waals surface area contributed by atoms with Crippen molar-refractivity contribution in [2.45, 2.75) is 64.3 Å². The molecule has 324 valence electrons. The highest BCUT2D eigenvalue weighted by molar-refractivity contribution is 8.13. The predicted octanol–water partition coefficient (Wildman–Crippen LogP) is 0.761. The second-order valence-corrected chi connectivity index (χ2v) is 18.2. The number of aromatic nitrogens is 4. The number of imidazole rings is 1. The second kappa shape index (κ2) is 21.9. The molecule has 7 atom stereocenters. The van der Waals surface area contributed by atoms with Gasteiger partial charge >= 0.3 is 23.5 Å². The third-order valence-electron chi connectivity index (χ3n) is 7.72. The number of nitrogens with one attached hydrogen (secondary N) is 2. The van der Waals surface area contributed by atoms with Crippen molar-refractivity contribution in [3.63, 3.8) is 0 Å². The van der Waals surface area contributed by atoms with E-state index in [1.165, 1.54) is 13.8 Å². The molecule has 1 saturated heterocycles. The van der Waals surface area contributed by atoms with Gasteiger partial charge in [-0.05, 0) is 0 Å². The number of rotatable bonds is 20. The molecule has 1 aliphatic rings. The Kier molecular flexibility index (Phi) is 18.5. The summed E-state index contributed by atoms with van der Waals surface area (Å²) in [4.78, 5) is 86.4. The average Bonchev–Trinajstić information content (AvgIpc) is 3.72. The second-order valence-electron chi connectivity index (χ2n) is 12.8. The topological polar surface area (TPSA) is 364 Å². The van der Waals surface area contributed by atoms with E-state index in [1.807, 2.05) is 36.4 Å². The van der Waals surface area contributed by atoms with Crippen LogP contribution in [-0.4, -0.2) is 123 Å². The molecule has 0 aliphatic carbocycles. The van der Waals surface area contributed by atoms with E-state index in [4.69, 9.17) is 19.5 Å². The van der Waals surface area contributed by atoms with E-state index in [9.17, 15) is 57.9 Å². The quantitative estimate of drug-likeness (QED) is 0.0558. The van der Waals surface area contributed by atoms with Gasteiger partial charge in [-0.3, -0.25) is 32.5 Å². The Morgan fingerprint density at radius 2 is 1.60 bits per heavy atom. The zero-order chi connectivity index (χ0) is 43.3. The lowest BCUT2D eigenvalue weighted by atomic mass is 9.87. The number of hydrogen-bond donors (Lipinski definition) is 9. The van der Waals surface area contributed by atoms with Crippen LogP contribution in [0.1, 0.15) is 39.8 Å². The van der Waals surface area contributed by atoms with Crippen LogP contribution in [0.2, 0.25) is 0 Å². The number of nitrogens with zero attached hydrogens (tertiary/aromatic N) is 4. The van der Waals surface area contributed by atoms with E-state index in [0.29, 0.717) is 12.2 Å². The molecule has 58 heavy (non-hydrogen) atoms. The van der Waals surface area contributed by atoms with Crippen LogP contribution in [0, 0.1) is 5.41 Å². The average molecular weight is 902 g/mol. The fraction of sp³-hybridized carbons (Fsp3) is 0.533. The molecule has 1 fully saturated rings. The Morgan fingerprint density at radius 3 is 2.21 bits per heavy atom. The molecule has 0 radical (unpaired) electrons. The van der Waals surface area contributed by atoms with E-state index in [0.717, 1.165) is 29.0 Å². The minimum atomic E-state index is -5.56. The minimum absolute atomic E-state index is 0.0221. The first kappa shape index (κ1) is 49.1. The molecule has 0 spiro atoms. The zero-order valence-corrected chi connectivity index (χ0v) is 34.7. The number of amides is 2. The molecule has 1 aliphatic heterocycles. The van der Waals surface area contributed by atoms with Crippen molar-refractivity contribution >= 4 is 69.1 Å². The number of benzene rings is 1. The lowest BCUT2D eigenvalue weighted by Gasteiger charge is -2.30. The first-order valence-corrected chi connectivity index (χ1v) is 22.6. The number of aliphatic hydroxyl groups excluding tert-OH is 2. The van der Waals surface area contributed by atoms with E-state index in [-0.39, 0.29) is 41.6 Å². The summed E-state index contributed by atoms with van der Waals surface area (Å²) < 4.78 is 61.9. The lowest BCUT2D eigenvalue weighted by Crippen LogP contribution is -2.46. The number of anilines is 1. The molecule has 2 amide bonds. The third-order valence-corrected chi connectivity index (χ3v) is 11.8. The Labute approximate surface area is 335 Å². The first-order chi connectivity index (χ1) is 27.1. The fourth-order valence-corrected chi connectivity index (χ4v) is 8.25. The van der Waals surface area contributed by atoms with E-state index in [2.05, 4.69) is 34.4 Å². The van der Waals surface area contributed by atoms with E-state index < -0.39 is 84.6 Å². The maximum absolute atomic E-state index is 12.6. The third kappa shape index (κ3) is 15.8. The SMILES string of the molecule is CCC(=O)SCCNC(=O)CCNC(=O)[C@H](O)C(C)(C)COP(=O)(O)OP(=O)(O)OC[C@H]1O[C@@H](n2cnc3c(N)ncnc32)[C@H](O)[C@@H]1OP(=O)(O)O.c1ccccc1. The number of hydrogen-bond acceptors (Lipinski definition) is 18. The molecule has 4 rings (SSSR count). The van der Waals surface area contributed by atoms with Crippen LogP contribution in [-0.2, 0) is 50.7 Å². The van der Waals surface area contributed by atoms with E-state index in [1.54, 1.807) is 6.92 Å². The Hall–Kier alpha value is -3.22. The van der Waals surface area contributed by atoms with Gasteiger partial charge in [-0.2, -0.15) is 4.31 Å². The molecule has 2 unspecified atom stereocenters. The monoisotopic (exact) mass is 901 g/mol. The number of aliphatic hydroxyl groups is 2. The maximum atomic E-state index is 12.6. The zero-order valence-electron chi connectivity index (χ0n) is 31.2. The maximum Gasteiger partial charge on any atom is 0.481 e. The van der Waals surface area contributed by atoms with Crippen LogP contribution in [0.25, 0.3) is 11.2 Å². The van der Waals surface area contributed by atoms with Crippen molar-refractivity contribution in [2.75, 3.05) is 37.8 Å². The van der Waals surface area contributed by atoms with Gasteiger partial charge in [0.15, 0.2) is 22.8 Å². The van der Waals surface area contributed by atoms with Gasteiger partial charge in [-0.25, -0.2) is 28.6 Å².